The molecule has 0 saturated carbocycles. The maximum Gasteiger partial charge on any atom is 0.242 e. The number of rotatable bonds is 9. The van der Waals surface area contributed by atoms with E-state index < -0.39 is 6.04 Å². The lowest BCUT2D eigenvalue weighted by Gasteiger charge is -2.31. The monoisotopic (exact) mass is 432 g/mol. The molecule has 0 saturated heterocycles. The van der Waals surface area contributed by atoms with Crippen LogP contribution in [0.5, 0.6) is 0 Å². The number of hydrogen-bond donors (Lipinski definition) is 1. The molecule has 0 radical (unpaired) electrons. The predicted octanol–water partition coefficient (Wildman–Crippen LogP) is 4.47. The number of benzene rings is 3. The Morgan fingerprint density at radius 2 is 1.52 bits per heavy atom. The predicted molar refractivity (Wildman–Crippen MR) is 127 cm³/mol. The summed E-state index contributed by atoms with van der Waals surface area (Å²) in [6.07, 6.45) is 0.466. The van der Waals surface area contributed by atoms with E-state index in [1.54, 1.807) is 11.9 Å². The highest BCUT2D eigenvalue weighted by molar-refractivity contribution is 8.00. The molecule has 31 heavy (non-hydrogen) atoms. The highest BCUT2D eigenvalue weighted by Crippen LogP contribution is 2.21. The molecule has 3 aromatic carbocycles. The lowest BCUT2D eigenvalue weighted by atomic mass is 10.0. The van der Waals surface area contributed by atoms with Gasteiger partial charge in [0.15, 0.2) is 0 Å². The van der Waals surface area contributed by atoms with Crippen molar-refractivity contribution < 1.29 is 9.59 Å². The van der Waals surface area contributed by atoms with Gasteiger partial charge < -0.3 is 10.2 Å². The molecule has 3 aromatic rings. The van der Waals surface area contributed by atoms with Crippen LogP contribution in [0.4, 0.5) is 0 Å². The van der Waals surface area contributed by atoms with E-state index in [0.717, 1.165) is 21.6 Å². The van der Waals surface area contributed by atoms with Gasteiger partial charge in [0.2, 0.25) is 11.8 Å². The van der Waals surface area contributed by atoms with Crippen molar-refractivity contribution in [1.29, 1.82) is 0 Å². The van der Waals surface area contributed by atoms with Gasteiger partial charge in [-0.3, -0.25) is 9.59 Å². The largest absolute Gasteiger partial charge is 0.357 e. The van der Waals surface area contributed by atoms with Crippen LogP contribution in [-0.2, 0) is 22.6 Å². The number of nitrogens with one attached hydrogen (secondary N) is 1. The molecule has 0 unspecified atom stereocenters. The van der Waals surface area contributed by atoms with E-state index in [1.807, 2.05) is 91.9 Å². The second kappa shape index (κ2) is 11.4. The van der Waals surface area contributed by atoms with Crippen LogP contribution < -0.4 is 5.32 Å². The fourth-order valence-corrected chi connectivity index (χ4v) is 4.24. The second-order valence-corrected chi connectivity index (χ2v) is 8.42. The van der Waals surface area contributed by atoms with Crippen LogP contribution in [0.3, 0.4) is 0 Å². The summed E-state index contributed by atoms with van der Waals surface area (Å²) < 4.78 is 0. The molecule has 0 fully saturated rings. The first-order valence-electron chi connectivity index (χ1n) is 10.4. The fraction of sp³-hybridized carbons (Fsp3) is 0.231. The van der Waals surface area contributed by atoms with Gasteiger partial charge in [-0.25, -0.2) is 0 Å². The molecule has 4 nitrogen and oxygen atoms in total. The van der Waals surface area contributed by atoms with Crippen molar-refractivity contribution in [1.82, 2.24) is 10.2 Å². The van der Waals surface area contributed by atoms with E-state index in [2.05, 4.69) is 5.32 Å². The lowest BCUT2D eigenvalue weighted by Crippen LogP contribution is -2.50. The van der Waals surface area contributed by atoms with Gasteiger partial charge in [-0.05, 0) is 35.7 Å². The molecular formula is C26H28N2O2S. The number of aryl methyl sites for hydroxylation is 1. The standard InChI is InChI=1S/C26H28N2O2S/c1-20-11-9-10-14-22(20)18-28(25(29)19-31-23-15-7-4-8-16-23)24(26(30)27-2)17-21-12-5-3-6-13-21/h3-16,24H,17-19H2,1-2H3,(H,27,30)/t24-/m0/s1. The van der Waals surface area contributed by atoms with Gasteiger partial charge in [-0.2, -0.15) is 0 Å². The summed E-state index contributed by atoms with van der Waals surface area (Å²) >= 11 is 1.49. The summed E-state index contributed by atoms with van der Waals surface area (Å²) in [4.78, 5) is 29.1. The van der Waals surface area contributed by atoms with Crippen LogP contribution in [0.2, 0.25) is 0 Å². The molecule has 0 aliphatic carbocycles. The Balaban J connectivity index is 1.88. The first-order chi connectivity index (χ1) is 15.1. The molecule has 0 aromatic heterocycles. The zero-order valence-electron chi connectivity index (χ0n) is 18.0. The van der Waals surface area contributed by atoms with Gasteiger partial charge >= 0.3 is 0 Å². The Bertz CT molecular complexity index is 993. The highest BCUT2D eigenvalue weighted by Gasteiger charge is 2.30. The van der Waals surface area contributed by atoms with Crippen LogP contribution in [0, 0.1) is 6.92 Å². The summed E-state index contributed by atoms with van der Waals surface area (Å²) in [6.45, 7) is 2.43. The zero-order chi connectivity index (χ0) is 22.1. The summed E-state index contributed by atoms with van der Waals surface area (Å²) in [7, 11) is 1.62. The quantitative estimate of drug-likeness (QED) is 0.508. The van der Waals surface area contributed by atoms with E-state index in [0.29, 0.717) is 13.0 Å². The summed E-state index contributed by atoms with van der Waals surface area (Å²) in [5, 5.41) is 2.76. The summed E-state index contributed by atoms with van der Waals surface area (Å²) in [6, 6.07) is 27.1. The molecule has 1 atom stereocenters. The van der Waals surface area contributed by atoms with Gasteiger partial charge in [0.25, 0.3) is 0 Å². The van der Waals surface area contributed by atoms with E-state index in [4.69, 9.17) is 0 Å². The maximum absolute atomic E-state index is 13.4. The minimum atomic E-state index is -0.587. The van der Waals surface area contributed by atoms with Crippen LogP contribution in [0.25, 0.3) is 0 Å². The summed E-state index contributed by atoms with van der Waals surface area (Å²) in [5.41, 5.74) is 3.17. The van der Waals surface area contributed by atoms with Gasteiger partial charge in [0.05, 0.1) is 5.75 Å². The molecular weight excluding hydrogens is 404 g/mol. The van der Waals surface area contributed by atoms with Gasteiger partial charge in [0.1, 0.15) is 6.04 Å². The number of carbonyl (C=O) groups is 2. The smallest absolute Gasteiger partial charge is 0.242 e. The van der Waals surface area contributed by atoms with E-state index in [9.17, 15) is 9.59 Å². The lowest BCUT2D eigenvalue weighted by molar-refractivity contribution is -0.139. The molecule has 160 valence electrons. The third-order valence-corrected chi connectivity index (χ3v) is 6.22. The van der Waals surface area contributed by atoms with Crippen molar-refractivity contribution in [3.63, 3.8) is 0 Å². The van der Waals surface area contributed by atoms with Gasteiger partial charge in [-0.1, -0.05) is 72.8 Å². The van der Waals surface area contributed by atoms with Gasteiger partial charge in [0, 0.05) is 24.9 Å². The van der Waals surface area contributed by atoms with Gasteiger partial charge in [-0.15, -0.1) is 11.8 Å². The van der Waals surface area contributed by atoms with E-state index in [1.165, 1.54) is 11.8 Å². The Morgan fingerprint density at radius 1 is 0.903 bits per heavy atom. The average Bonchev–Trinajstić information content (AvgIpc) is 2.81. The molecule has 2 amide bonds. The first kappa shape index (κ1) is 22.6. The first-order valence-corrected chi connectivity index (χ1v) is 11.3. The van der Waals surface area contributed by atoms with E-state index in [-0.39, 0.29) is 17.6 Å². The topological polar surface area (TPSA) is 49.4 Å². The Morgan fingerprint density at radius 3 is 2.16 bits per heavy atom. The van der Waals surface area contributed by atoms with E-state index >= 15 is 0 Å². The zero-order valence-corrected chi connectivity index (χ0v) is 18.8. The Hall–Kier alpha value is -3.05. The van der Waals surface area contributed by atoms with Crippen LogP contribution in [-0.4, -0.2) is 35.6 Å². The normalized spacial score (nSPS) is 11.5. The van der Waals surface area contributed by atoms with Crippen molar-refractivity contribution in [3.05, 3.63) is 102 Å². The molecule has 3 rings (SSSR count). The molecule has 1 N–H and O–H groups in total. The Labute approximate surface area is 188 Å². The molecule has 0 heterocycles. The number of thioether (sulfide) groups is 1. The number of amides is 2. The molecule has 0 spiro atoms. The molecule has 0 bridgehead atoms. The second-order valence-electron chi connectivity index (χ2n) is 7.37. The van der Waals surface area contributed by atoms with Crippen LogP contribution in [0.1, 0.15) is 16.7 Å². The Kier molecular flexibility index (Phi) is 8.30. The number of carbonyl (C=O) groups excluding carboxylic acids is 2. The van der Waals surface area contributed by atoms with Crippen molar-refractivity contribution in [3.8, 4) is 0 Å². The van der Waals surface area contributed by atoms with Crippen LogP contribution in [0.15, 0.2) is 89.8 Å². The minimum Gasteiger partial charge on any atom is -0.357 e. The minimum absolute atomic E-state index is 0.0540. The average molecular weight is 433 g/mol. The third-order valence-electron chi connectivity index (χ3n) is 5.22. The van der Waals surface area contributed by atoms with Crippen molar-refractivity contribution in [2.45, 2.75) is 30.8 Å². The van der Waals surface area contributed by atoms with Crippen molar-refractivity contribution in [2.75, 3.05) is 12.8 Å². The third kappa shape index (κ3) is 6.46. The van der Waals surface area contributed by atoms with Crippen LogP contribution >= 0.6 is 11.8 Å². The number of likely N-dealkylation sites (N-methyl/N-ethyl adjacent to an activating group) is 1. The maximum atomic E-state index is 13.4. The highest BCUT2D eigenvalue weighted by atomic mass is 32.2. The number of hydrogen-bond acceptors (Lipinski definition) is 3. The van der Waals surface area contributed by atoms with Crippen molar-refractivity contribution >= 4 is 23.6 Å². The summed E-state index contributed by atoms with van der Waals surface area (Å²) in [5.74, 6) is 0.0650. The fourth-order valence-electron chi connectivity index (χ4n) is 3.44. The molecule has 0 aliphatic heterocycles. The number of nitrogens with zero attached hydrogens (tertiary/aromatic N) is 1. The SMILES string of the molecule is CNC(=O)[C@H](Cc1ccccc1)N(Cc1ccccc1C)C(=O)CSc1ccccc1. The molecule has 5 heteroatoms. The van der Waals surface area contributed by atoms with Crippen molar-refractivity contribution in [2.24, 2.45) is 0 Å². The molecule has 0 aliphatic rings.